The molecule has 3 aromatic carbocycles. The van der Waals surface area contributed by atoms with E-state index in [4.69, 9.17) is 15.2 Å². The lowest BCUT2D eigenvalue weighted by atomic mass is 10.0. The van der Waals surface area contributed by atoms with Crippen LogP contribution in [0.2, 0.25) is 0 Å². The lowest BCUT2D eigenvalue weighted by Crippen LogP contribution is -2.61. The zero-order chi connectivity index (χ0) is 48.9. The molecule has 1 saturated heterocycles. The van der Waals surface area contributed by atoms with Crippen molar-refractivity contribution in [1.82, 2.24) is 42.8 Å². The van der Waals surface area contributed by atoms with Crippen LogP contribution < -0.4 is 48.5 Å². The van der Waals surface area contributed by atoms with Crippen LogP contribution in [0, 0.1) is 0 Å². The number of phenols is 1. The second kappa shape index (κ2) is 26.0. The van der Waals surface area contributed by atoms with Crippen LogP contribution in [-0.2, 0) is 72.3 Å². The highest BCUT2D eigenvalue weighted by atomic mass is 16.6. The second-order valence-electron chi connectivity index (χ2n) is 15.2. The zero-order valence-corrected chi connectivity index (χ0v) is 36.3. The normalized spacial score (nSPS) is 15.1. The molecule has 67 heavy (non-hydrogen) atoms. The van der Waals surface area contributed by atoms with Crippen molar-refractivity contribution < 1.29 is 67.6 Å². The van der Waals surface area contributed by atoms with Gasteiger partial charge in [0.25, 0.3) is 5.91 Å². The van der Waals surface area contributed by atoms with Crippen LogP contribution in [0.5, 0.6) is 5.75 Å². The summed E-state index contributed by atoms with van der Waals surface area (Å²) in [5.74, 6) is -8.36. The minimum atomic E-state index is -1.82. The highest BCUT2D eigenvalue weighted by Gasteiger charge is 2.36. The van der Waals surface area contributed by atoms with Gasteiger partial charge in [-0.25, -0.2) is 10.2 Å². The van der Waals surface area contributed by atoms with Gasteiger partial charge in [0.2, 0.25) is 41.4 Å². The molecule has 0 aromatic heterocycles. The van der Waals surface area contributed by atoms with E-state index in [0.717, 1.165) is 6.92 Å². The molecule has 0 spiro atoms. The molecule has 9 amide bonds. The van der Waals surface area contributed by atoms with E-state index in [1.165, 1.54) is 24.3 Å². The number of rotatable bonds is 23. The second-order valence-corrected chi connectivity index (χ2v) is 15.2. The van der Waals surface area contributed by atoms with Crippen LogP contribution in [0.1, 0.15) is 55.7 Å². The van der Waals surface area contributed by atoms with Crippen LogP contribution in [0.4, 0.5) is 4.79 Å². The number of hydrogen-bond acceptors (Lipinski definition) is 14. The van der Waals surface area contributed by atoms with Gasteiger partial charge in [-0.05, 0) is 48.6 Å². The number of hydrazine groups is 1. The number of carbonyl (C=O) groups excluding carboxylic acids is 10. The molecule has 6 atom stereocenters. The fourth-order valence-electron chi connectivity index (χ4n) is 6.29. The van der Waals surface area contributed by atoms with Crippen molar-refractivity contribution in [2.45, 2.75) is 95.0 Å². The number of amides is 9. The lowest BCUT2D eigenvalue weighted by Gasteiger charge is -2.27. The number of aromatic hydroxyl groups is 1. The van der Waals surface area contributed by atoms with Crippen molar-refractivity contribution >= 4 is 59.3 Å². The smallest absolute Gasteiger partial charge is 0.426 e. The summed E-state index contributed by atoms with van der Waals surface area (Å²) >= 11 is 0. The van der Waals surface area contributed by atoms with Gasteiger partial charge < -0.3 is 57.3 Å². The average Bonchev–Trinajstić information content (AvgIpc) is 3.75. The van der Waals surface area contributed by atoms with Gasteiger partial charge in [0.05, 0.1) is 19.1 Å². The molecule has 1 fully saturated rings. The van der Waals surface area contributed by atoms with Crippen molar-refractivity contribution in [3.63, 3.8) is 0 Å². The number of benzene rings is 3. The average molecular weight is 932 g/mol. The zero-order valence-electron chi connectivity index (χ0n) is 36.3. The number of ether oxygens (including phenoxy) is 2. The van der Waals surface area contributed by atoms with Crippen LogP contribution >= 0.6 is 0 Å². The highest BCUT2D eigenvalue weighted by Crippen LogP contribution is 2.14. The van der Waals surface area contributed by atoms with Crippen molar-refractivity contribution in [1.29, 1.82) is 0 Å². The third kappa shape index (κ3) is 18.1. The Morgan fingerprint density at radius 1 is 0.716 bits per heavy atom. The highest BCUT2D eigenvalue weighted by molar-refractivity contribution is 5.98. The molecule has 1 aliphatic rings. The summed E-state index contributed by atoms with van der Waals surface area (Å²) in [4.78, 5) is 129. The lowest BCUT2D eigenvalue weighted by molar-refractivity contribution is -0.147. The molecule has 0 aliphatic carbocycles. The summed E-state index contributed by atoms with van der Waals surface area (Å²) in [6.07, 6.45) is -4.34. The van der Waals surface area contributed by atoms with Gasteiger partial charge in [-0.1, -0.05) is 72.8 Å². The fraction of sp³-hybridized carbons (Fsp3) is 0.364. The van der Waals surface area contributed by atoms with E-state index in [1.54, 1.807) is 60.7 Å². The number of phenolic OH excluding ortho intramolecular Hbond substituents is 1. The molecule has 1 heterocycles. The van der Waals surface area contributed by atoms with E-state index in [-0.39, 0.29) is 44.6 Å². The Morgan fingerprint density at radius 2 is 1.30 bits per heavy atom. The largest absolute Gasteiger partial charge is 0.508 e. The van der Waals surface area contributed by atoms with Crippen LogP contribution in [-0.4, -0.2) is 112 Å². The predicted octanol–water partition coefficient (Wildman–Crippen LogP) is -1.99. The standard InChI is InChI=1S/C44H53N9O14/c1-25(54)38(43(64)46-22-36(58)52-53-44(65)67-24-28-10-6-3-7-11-28)51-42(63)32(20-26-12-14-29(55)15-13-26)49-41(62)33(21-37(59)66-23-27-8-4-2-5-9-27)50-40(61)31(16-18-34(45)56)48-39(60)30-17-19-35(57)47-30/h2-15,25,30-33,38,54-55H,16-24H2,1H3,(H2,45,56)(H,46,64)(H,47,57)(H,48,60)(H,49,62)(H,50,61)(H,51,63)(H,52,58)(H,53,65)/t25-,30+,31+,32+,33+,38+/m1/s1. The SMILES string of the molecule is C[C@@H](O)[C@H](NC(=O)[C@H](Cc1ccc(O)cc1)NC(=O)[C@H](CC(=O)OCc1ccccc1)NC(=O)[C@H](CCC(N)=O)NC(=O)[C@@H]1CCC(=O)N1)C(=O)NCC(=O)NNC(=O)OCc1ccccc1. The summed E-state index contributed by atoms with van der Waals surface area (Å²) in [7, 11) is 0. The minimum absolute atomic E-state index is 0.0511. The quantitative estimate of drug-likeness (QED) is 0.0362. The number of aliphatic hydroxyl groups excluding tert-OH is 1. The van der Waals surface area contributed by atoms with Crippen molar-refractivity contribution in [2.75, 3.05) is 6.54 Å². The summed E-state index contributed by atoms with van der Waals surface area (Å²) in [5.41, 5.74) is 11.0. The number of carbonyl (C=O) groups is 10. The maximum atomic E-state index is 14.2. The van der Waals surface area contributed by atoms with E-state index in [2.05, 4.69) is 31.9 Å². The van der Waals surface area contributed by atoms with E-state index < -0.39 is 115 Å². The van der Waals surface area contributed by atoms with E-state index in [9.17, 15) is 58.2 Å². The molecular weight excluding hydrogens is 879 g/mol. The summed E-state index contributed by atoms with van der Waals surface area (Å²) in [5, 5.41) is 34.7. The number of primary amides is 1. The van der Waals surface area contributed by atoms with Crippen molar-refractivity contribution in [3.05, 3.63) is 102 Å². The molecule has 0 saturated carbocycles. The van der Waals surface area contributed by atoms with Crippen LogP contribution in [0.15, 0.2) is 84.9 Å². The van der Waals surface area contributed by atoms with Gasteiger partial charge in [0.15, 0.2) is 0 Å². The first-order valence-corrected chi connectivity index (χ1v) is 20.9. The first-order chi connectivity index (χ1) is 32.0. The topological polar surface area (TPSA) is 352 Å². The number of hydrogen-bond donors (Lipinski definition) is 11. The van der Waals surface area contributed by atoms with Gasteiger partial charge in [0.1, 0.15) is 49.2 Å². The number of nitrogens with two attached hydrogens (primary N) is 1. The van der Waals surface area contributed by atoms with Gasteiger partial charge in [0, 0.05) is 19.3 Å². The molecule has 23 heteroatoms. The van der Waals surface area contributed by atoms with Crippen molar-refractivity contribution in [2.24, 2.45) is 5.73 Å². The van der Waals surface area contributed by atoms with Gasteiger partial charge in [-0.2, -0.15) is 0 Å². The molecular formula is C44H53N9O14. The number of nitrogens with one attached hydrogen (secondary N) is 8. The summed E-state index contributed by atoms with van der Waals surface area (Å²) < 4.78 is 10.4. The van der Waals surface area contributed by atoms with Crippen LogP contribution in [0.3, 0.4) is 0 Å². The number of aliphatic hydroxyl groups is 1. The first-order valence-electron chi connectivity index (χ1n) is 20.9. The Morgan fingerprint density at radius 3 is 1.88 bits per heavy atom. The maximum Gasteiger partial charge on any atom is 0.426 e. The van der Waals surface area contributed by atoms with Gasteiger partial charge in [-0.15, -0.1) is 0 Å². The molecule has 1 aliphatic heterocycles. The number of esters is 1. The molecule has 0 radical (unpaired) electrons. The molecule has 12 N–H and O–H groups in total. The molecule has 3 aromatic rings. The summed E-state index contributed by atoms with van der Waals surface area (Å²) in [6, 6.07) is 14.9. The Balaban J connectivity index is 1.50. The fourth-order valence-corrected chi connectivity index (χ4v) is 6.29. The molecule has 0 unspecified atom stereocenters. The predicted molar refractivity (Wildman–Crippen MR) is 233 cm³/mol. The van der Waals surface area contributed by atoms with Crippen molar-refractivity contribution in [3.8, 4) is 5.75 Å². The molecule has 4 rings (SSSR count). The van der Waals surface area contributed by atoms with E-state index in [0.29, 0.717) is 16.7 Å². The molecule has 23 nitrogen and oxygen atoms in total. The Labute approximate surface area is 383 Å². The van der Waals surface area contributed by atoms with Gasteiger partial charge >= 0.3 is 12.1 Å². The van der Waals surface area contributed by atoms with Gasteiger partial charge in [-0.3, -0.25) is 48.6 Å². The first kappa shape index (κ1) is 51.6. The maximum absolute atomic E-state index is 14.2. The molecule has 0 bridgehead atoms. The van der Waals surface area contributed by atoms with E-state index >= 15 is 0 Å². The van der Waals surface area contributed by atoms with E-state index in [1.807, 2.05) is 10.9 Å². The van der Waals surface area contributed by atoms with Crippen LogP contribution in [0.25, 0.3) is 0 Å². The molecule has 358 valence electrons. The third-order valence-corrected chi connectivity index (χ3v) is 9.88. The Kier molecular flexibility index (Phi) is 20.0. The third-order valence-electron chi connectivity index (χ3n) is 9.88. The summed E-state index contributed by atoms with van der Waals surface area (Å²) in [6.45, 7) is 0.0910. The Bertz CT molecular complexity index is 2230. The Hall–Kier alpha value is -8.08. The minimum Gasteiger partial charge on any atom is -0.508 e. The monoisotopic (exact) mass is 931 g/mol.